The first-order chi connectivity index (χ1) is 15.6. The Morgan fingerprint density at radius 3 is 2.52 bits per heavy atom. The van der Waals surface area contributed by atoms with Gasteiger partial charge in [0.15, 0.2) is 0 Å². The van der Waals surface area contributed by atoms with Crippen LogP contribution in [0.2, 0.25) is 0 Å². The van der Waals surface area contributed by atoms with Crippen LogP contribution in [0.5, 0.6) is 0 Å². The number of ether oxygens (including phenoxy) is 1. The maximum atomic E-state index is 12.8. The zero-order valence-corrected chi connectivity index (χ0v) is 19.9. The first-order valence-electron chi connectivity index (χ1n) is 11.4. The summed E-state index contributed by atoms with van der Waals surface area (Å²) in [5.74, 6) is 0.0672. The van der Waals surface area contributed by atoms with Gasteiger partial charge in [0.1, 0.15) is 5.60 Å². The molecule has 1 aliphatic carbocycles. The van der Waals surface area contributed by atoms with E-state index >= 15 is 0 Å². The third-order valence-electron chi connectivity index (χ3n) is 5.90. The van der Waals surface area contributed by atoms with Crippen molar-refractivity contribution in [3.05, 3.63) is 77.1 Å². The molecule has 1 amide bonds. The second-order valence-electron chi connectivity index (χ2n) is 9.72. The molecular weight excluding hydrogens is 414 g/mol. The molecule has 1 saturated carbocycles. The molecule has 172 valence electrons. The Morgan fingerprint density at radius 2 is 1.82 bits per heavy atom. The molecule has 0 radical (unpaired) electrons. The lowest BCUT2D eigenvalue weighted by Crippen LogP contribution is -2.25. The number of carbonyl (C=O) groups is 2. The van der Waals surface area contributed by atoms with E-state index in [0.29, 0.717) is 5.92 Å². The molecule has 1 fully saturated rings. The minimum absolute atomic E-state index is 0.00479. The number of amides is 1. The molecular formula is C27H31N3O3. The topological polar surface area (TPSA) is 73.2 Å². The second kappa shape index (κ2) is 8.85. The number of aryl methyl sites for hydroxylation is 1. The minimum atomic E-state index is -0.525. The number of nitrogens with one attached hydrogen (secondary N) is 1. The molecule has 3 aromatic rings. The zero-order valence-electron chi connectivity index (χ0n) is 19.9. The van der Waals surface area contributed by atoms with E-state index in [1.165, 1.54) is 5.56 Å². The number of anilines is 1. The molecule has 0 spiro atoms. The fourth-order valence-electron chi connectivity index (χ4n) is 4.21. The number of hydrogen-bond acceptors (Lipinski definition) is 4. The van der Waals surface area contributed by atoms with Gasteiger partial charge in [-0.25, -0.2) is 4.68 Å². The molecule has 6 heteroatoms. The number of nitrogens with zero attached hydrogens (tertiary/aromatic N) is 2. The van der Waals surface area contributed by atoms with E-state index in [0.717, 1.165) is 34.7 Å². The van der Waals surface area contributed by atoms with E-state index in [2.05, 4.69) is 22.5 Å². The average Bonchev–Trinajstić information content (AvgIpc) is 3.51. The summed E-state index contributed by atoms with van der Waals surface area (Å²) in [4.78, 5) is 25.1. The van der Waals surface area contributed by atoms with Gasteiger partial charge in [-0.05, 0) is 70.7 Å². The van der Waals surface area contributed by atoms with Crippen LogP contribution < -0.4 is 5.32 Å². The first kappa shape index (κ1) is 22.8. The average molecular weight is 446 g/mol. The molecule has 33 heavy (non-hydrogen) atoms. The number of benzene rings is 2. The lowest BCUT2D eigenvalue weighted by atomic mass is 10.1. The Hall–Kier alpha value is -3.41. The Balaban J connectivity index is 1.47. The predicted octanol–water partition coefficient (Wildman–Crippen LogP) is 5.12. The van der Waals surface area contributed by atoms with Crippen molar-refractivity contribution in [3.63, 3.8) is 0 Å². The van der Waals surface area contributed by atoms with E-state index in [1.54, 1.807) is 0 Å². The van der Waals surface area contributed by atoms with Crippen LogP contribution in [0.4, 0.5) is 5.69 Å². The monoisotopic (exact) mass is 445 g/mol. The fourth-order valence-corrected chi connectivity index (χ4v) is 4.21. The van der Waals surface area contributed by atoms with Gasteiger partial charge in [0, 0.05) is 22.9 Å². The van der Waals surface area contributed by atoms with E-state index in [4.69, 9.17) is 4.74 Å². The van der Waals surface area contributed by atoms with Crippen molar-refractivity contribution in [1.29, 1.82) is 0 Å². The van der Waals surface area contributed by atoms with Gasteiger partial charge in [0.25, 0.3) is 0 Å². The fraction of sp³-hybridized carbons (Fsp3) is 0.370. The number of carbonyl (C=O) groups excluding carboxylic acids is 2. The SMILES string of the molecule is Cc1nn(-c2cccc(NC(=O)C3CC3c3ccccc3)c2)c(C)c1CC(=O)OC(C)(C)C. The van der Waals surface area contributed by atoms with Crippen molar-refractivity contribution in [2.75, 3.05) is 5.32 Å². The number of rotatable bonds is 6. The van der Waals surface area contributed by atoms with Gasteiger partial charge in [-0.1, -0.05) is 36.4 Å². The summed E-state index contributed by atoms with van der Waals surface area (Å²) in [5, 5.41) is 7.70. The van der Waals surface area contributed by atoms with Crippen LogP contribution in [0.1, 0.15) is 55.6 Å². The van der Waals surface area contributed by atoms with Crippen LogP contribution >= 0.6 is 0 Å². The van der Waals surface area contributed by atoms with Crippen molar-refractivity contribution in [1.82, 2.24) is 9.78 Å². The summed E-state index contributed by atoms with van der Waals surface area (Å²) < 4.78 is 7.29. The molecule has 1 aromatic heterocycles. The predicted molar refractivity (Wildman–Crippen MR) is 129 cm³/mol. The lowest BCUT2D eigenvalue weighted by Gasteiger charge is -2.19. The van der Waals surface area contributed by atoms with Crippen LogP contribution in [-0.4, -0.2) is 27.3 Å². The molecule has 1 N–H and O–H groups in total. The smallest absolute Gasteiger partial charge is 0.310 e. The molecule has 2 atom stereocenters. The van der Waals surface area contributed by atoms with Crippen LogP contribution in [0.25, 0.3) is 5.69 Å². The summed E-state index contributed by atoms with van der Waals surface area (Å²) in [6.45, 7) is 9.41. The Bertz CT molecular complexity index is 1180. The molecule has 0 saturated heterocycles. The van der Waals surface area contributed by atoms with Gasteiger partial charge in [0.2, 0.25) is 5.91 Å². The highest BCUT2D eigenvalue weighted by atomic mass is 16.6. The Labute approximate surface area is 195 Å². The first-order valence-corrected chi connectivity index (χ1v) is 11.4. The summed E-state index contributed by atoms with van der Waals surface area (Å²) >= 11 is 0. The van der Waals surface area contributed by atoms with Gasteiger partial charge in [-0.3, -0.25) is 9.59 Å². The van der Waals surface area contributed by atoms with Crippen molar-refractivity contribution in [3.8, 4) is 5.69 Å². The minimum Gasteiger partial charge on any atom is -0.460 e. The van der Waals surface area contributed by atoms with Gasteiger partial charge >= 0.3 is 5.97 Å². The standard InChI is InChI=1S/C27H31N3O3/c1-17-22(16-25(31)33-27(3,4)5)18(2)30(29-17)21-13-9-12-20(14-21)28-26(32)24-15-23(24)19-10-7-6-8-11-19/h6-14,23-24H,15-16H2,1-5H3,(H,28,32). The van der Waals surface area contributed by atoms with Crippen molar-refractivity contribution in [2.45, 2.75) is 59.0 Å². The lowest BCUT2D eigenvalue weighted by molar-refractivity contribution is -0.153. The number of hydrogen-bond donors (Lipinski definition) is 1. The van der Waals surface area contributed by atoms with Crippen LogP contribution in [0.15, 0.2) is 54.6 Å². The van der Waals surface area contributed by atoms with Crippen LogP contribution in [0, 0.1) is 19.8 Å². The van der Waals surface area contributed by atoms with E-state index in [1.807, 2.05) is 81.8 Å². The van der Waals surface area contributed by atoms with E-state index < -0.39 is 5.60 Å². The Morgan fingerprint density at radius 1 is 1.09 bits per heavy atom. The third-order valence-corrected chi connectivity index (χ3v) is 5.90. The van der Waals surface area contributed by atoms with Crippen molar-refractivity contribution in [2.24, 2.45) is 5.92 Å². The van der Waals surface area contributed by atoms with Gasteiger partial charge in [0.05, 0.1) is 17.8 Å². The molecule has 2 unspecified atom stereocenters. The largest absolute Gasteiger partial charge is 0.460 e. The molecule has 1 heterocycles. The molecule has 0 aliphatic heterocycles. The summed E-state index contributed by atoms with van der Waals surface area (Å²) in [7, 11) is 0. The van der Waals surface area contributed by atoms with Gasteiger partial charge in [-0.15, -0.1) is 0 Å². The number of aromatic nitrogens is 2. The zero-order chi connectivity index (χ0) is 23.8. The van der Waals surface area contributed by atoms with E-state index in [9.17, 15) is 9.59 Å². The normalized spacial score (nSPS) is 17.5. The molecule has 6 nitrogen and oxygen atoms in total. The Kier molecular flexibility index (Phi) is 6.11. The summed E-state index contributed by atoms with van der Waals surface area (Å²) in [6, 6.07) is 17.8. The van der Waals surface area contributed by atoms with Gasteiger partial charge in [-0.2, -0.15) is 5.10 Å². The van der Waals surface area contributed by atoms with Gasteiger partial charge < -0.3 is 10.1 Å². The highest BCUT2D eigenvalue weighted by Crippen LogP contribution is 2.47. The molecule has 1 aliphatic rings. The second-order valence-corrected chi connectivity index (χ2v) is 9.72. The molecule has 2 aromatic carbocycles. The number of esters is 1. The van der Waals surface area contributed by atoms with Crippen LogP contribution in [0.3, 0.4) is 0 Å². The quantitative estimate of drug-likeness (QED) is 0.535. The summed E-state index contributed by atoms with van der Waals surface area (Å²) in [6.07, 6.45) is 1.05. The van der Waals surface area contributed by atoms with Crippen LogP contribution in [-0.2, 0) is 20.7 Å². The highest BCUT2D eigenvalue weighted by Gasteiger charge is 2.43. The van der Waals surface area contributed by atoms with Crippen molar-refractivity contribution < 1.29 is 14.3 Å². The molecule has 0 bridgehead atoms. The highest BCUT2D eigenvalue weighted by molar-refractivity contribution is 5.95. The summed E-state index contributed by atoms with van der Waals surface area (Å²) in [5.41, 5.74) is 4.79. The van der Waals surface area contributed by atoms with E-state index in [-0.39, 0.29) is 24.2 Å². The van der Waals surface area contributed by atoms with Crippen molar-refractivity contribution >= 4 is 17.6 Å². The maximum absolute atomic E-state index is 12.8. The maximum Gasteiger partial charge on any atom is 0.310 e. The molecule has 4 rings (SSSR count). The third kappa shape index (κ3) is 5.33.